The summed E-state index contributed by atoms with van der Waals surface area (Å²) in [7, 11) is 0. The summed E-state index contributed by atoms with van der Waals surface area (Å²) in [6, 6.07) is 13.9. The molecule has 1 aromatic carbocycles. The van der Waals surface area contributed by atoms with E-state index < -0.39 is 29.5 Å². The van der Waals surface area contributed by atoms with Gasteiger partial charge in [-0.05, 0) is 91.3 Å². The van der Waals surface area contributed by atoms with Gasteiger partial charge in [-0.3, -0.25) is 38.7 Å². The lowest BCUT2D eigenvalue weighted by Gasteiger charge is -2.43. The molecule has 448 valence electrons. The first-order chi connectivity index (χ1) is 40.1. The molecule has 6 amide bonds. The van der Waals surface area contributed by atoms with Crippen LogP contribution in [0.15, 0.2) is 72.5 Å². The van der Waals surface area contributed by atoms with Crippen molar-refractivity contribution in [3.05, 3.63) is 95.0 Å². The predicted molar refractivity (Wildman–Crippen MR) is 317 cm³/mol. The quantitative estimate of drug-likeness (QED) is 0.0510. The number of benzene rings is 1. The van der Waals surface area contributed by atoms with Gasteiger partial charge in [-0.15, -0.1) is 21.5 Å². The van der Waals surface area contributed by atoms with Crippen molar-refractivity contribution < 1.29 is 43.3 Å². The molecule has 0 bridgehead atoms. The lowest BCUT2D eigenvalue weighted by atomic mass is 9.85. The van der Waals surface area contributed by atoms with Crippen molar-refractivity contribution in [2.75, 3.05) is 96.8 Å². The van der Waals surface area contributed by atoms with Crippen LogP contribution in [0.3, 0.4) is 0 Å². The Hall–Kier alpha value is -6.72. The maximum Gasteiger partial charge on any atom is 0.274 e. The number of hydrogen-bond donors (Lipinski definition) is 4. The number of nitrogens with zero attached hydrogens (tertiary/aromatic N) is 9. The number of ether oxygens (including phenoxy) is 2. The minimum atomic E-state index is -0.945. The molecule has 22 heteroatoms. The molecule has 4 saturated heterocycles. The first-order valence-corrected chi connectivity index (χ1v) is 30.4. The molecule has 8 rings (SSSR count). The lowest BCUT2D eigenvalue weighted by Crippen LogP contribution is -2.57. The number of likely N-dealkylation sites (tertiary alicyclic amines) is 2. The van der Waals surface area contributed by atoms with E-state index in [1.165, 1.54) is 11.0 Å². The Morgan fingerprint density at radius 3 is 2.22 bits per heavy atom. The number of unbranched alkanes of at least 4 members (excludes halogenated alkanes) is 1. The monoisotopic (exact) mass is 1160 g/mol. The summed E-state index contributed by atoms with van der Waals surface area (Å²) in [5.41, 5.74) is 5.29. The Morgan fingerprint density at radius 2 is 1.55 bits per heavy atom. The number of carbonyl (C=O) groups excluding carboxylic acids is 6. The van der Waals surface area contributed by atoms with Crippen molar-refractivity contribution in [2.24, 2.45) is 11.3 Å². The highest BCUT2D eigenvalue weighted by atomic mass is 32.1. The number of β-amino-alcohol motifs (C(OH)–C–C–N with tert-alkyl or cyclic N) is 1. The van der Waals surface area contributed by atoms with E-state index in [0.717, 1.165) is 104 Å². The van der Waals surface area contributed by atoms with Crippen LogP contribution >= 0.6 is 11.3 Å². The summed E-state index contributed by atoms with van der Waals surface area (Å²) in [6.45, 7) is 15.3. The molecule has 4 aliphatic heterocycles. The van der Waals surface area contributed by atoms with Gasteiger partial charge < -0.3 is 50.1 Å². The number of aromatic nitrogens is 4. The molecular weight excluding hydrogens is 1080 g/mol. The van der Waals surface area contributed by atoms with E-state index in [-0.39, 0.29) is 88.3 Å². The Balaban J connectivity index is 0.641. The molecule has 0 radical (unpaired) electrons. The standard InChI is InChI=1S/C61H84N12O9S/c1-43-56(83-42-65-43)47-13-10-46(11-14-47)40-64-58(78)51-38-49(74)41-73(51)60(80)57(61(2,3)4)66-54(76)22-34-81-36-37-82-35-23-55(77)71-32-30-69(31-33-71)48-20-28-70(29-21-48)52-16-15-50(67-68-52)59(79)72-26-18-44(19-27-72)8-5-6-25-63-53(75)17-12-45-9-7-24-62-39-45/h7,9-17,24,39,42,44,48-49,51,57,74H,5-6,8,18-23,25-38,40-41H2,1-4H3,(H,63,75)(H,64,78)(H,66,76)/b17-12+/t49-,51+,57-/m1/s1. The summed E-state index contributed by atoms with van der Waals surface area (Å²) in [5.74, 6) is 0.0500. The third-order valence-corrected chi connectivity index (χ3v) is 17.2. The molecule has 3 aromatic heterocycles. The number of aliphatic hydroxyl groups excluding tert-OH is 1. The number of amides is 6. The summed E-state index contributed by atoms with van der Waals surface area (Å²) in [5, 5.41) is 28.2. The van der Waals surface area contributed by atoms with Crippen LogP contribution < -0.4 is 20.9 Å². The Morgan fingerprint density at radius 1 is 0.819 bits per heavy atom. The summed E-state index contributed by atoms with van der Waals surface area (Å²) in [6.07, 6.45) is 13.1. The zero-order valence-electron chi connectivity index (χ0n) is 48.7. The van der Waals surface area contributed by atoms with Gasteiger partial charge in [0.25, 0.3) is 5.91 Å². The molecule has 4 aromatic rings. The van der Waals surface area contributed by atoms with Crippen LogP contribution in [0.1, 0.15) is 112 Å². The predicted octanol–water partition coefficient (Wildman–Crippen LogP) is 4.89. The van der Waals surface area contributed by atoms with E-state index in [9.17, 15) is 33.9 Å². The number of anilines is 1. The molecular formula is C61H84N12O9S. The van der Waals surface area contributed by atoms with Crippen molar-refractivity contribution in [2.45, 2.75) is 123 Å². The number of aliphatic hydroxyl groups is 1. The molecule has 0 aliphatic carbocycles. The summed E-state index contributed by atoms with van der Waals surface area (Å²) >= 11 is 1.57. The largest absolute Gasteiger partial charge is 0.391 e. The van der Waals surface area contributed by atoms with Crippen LogP contribution in [-0.2, 0) is 40.0 Å². The van der Waals surface area contributed by atoms with Crippen LogP contribution in [0.2, 0.25) is 0 Å². The number of pyridine rings is 1. The van der Waals surface area contributed by atoms with Gasteiger partial charge in [0, 0.05) is 109 Å². The number of carbonyl (C=O) groups is 6. The number of piperidine rings is 2. The average Bonchev–Trinajstić information content (AvgIpc) is 3.74. The summed E-state index contributed by atoms with van der Waals surface area (Å²) < 4.78 is 11.4. The van der Waals surface area contributed by atoms with Crippen LogP contribution in [-0.4, -0.2) is 196 Å². The number of aryl methyl sites for hydroxylation is 1. The van der Waals surface area contributed by atoms with Crippen LogP contribution in [0.25, 0.3) is 16.5 Å². The van der Waals surface area contributed by atoms with Gasteiger partial charge in [0.2, 0.25) is 29.5 Å². The number of nitrogens with one attached hydrogen (secondary N) is 3. The molecule has 7 heterocycles. The van der Waals surface area contributed by atoms with Crippen molar-refractivity contribution in [1.82, 2.24) is 55.7 Å². The highest BCUT2D eigenvalue weighted by Gasteiger charge is 2.44. The maximum atomic E-state index is 14.0. The second-order valence-corrected chi connectivity index (χ2v) is 24.1. The van der Waals surface area contributed by atoms with Gasteiger partial charge in [-0.2, -0.15) is 0 Å². The molecule has 0 unspecified atom stereocenters. The second kappa shape index (κ2) is 30.7. The summed E-state index contributed by atoms with van der Waals surface area (Å²) in [4.78, 5) is 98.6. The molecule has 4 aliphatic rings. The Kier molecular flexibility index (Phi) is 23.1. The first kappa shape index (κ1) is 62.3. The smallest absolute Gasteiger partial charge is 0.274 e. The molecule has 83 heavy (non-hydrogen) atoms. The topological polar surface area (TPSA) is 245 Å². The Labute approximate surface area is 492 Å². The normalized spacial score (nSPS) is 18.8. The van der Waals surface area contributed by atoms with Crippen LogP contribution in [0, 0.1) is 18.3 Å². The lowest BCUT2D eigenvalue weighted by molar-refractivity contribution is -0.144. The molecule has 0 saturated carbocycles. The minimum absolute atomic E-state index is 0.00629. The van der Waals surface area contributed by atoms with E-state index in [1.54, 1.807) is 35.9 Å². The van der Waals surface area contributed by atoms with Crippen LogP contribution in [0.4, 0.5) is 5.82 Å². The number of rotatable bonds is 25. The van der Waals surface area contributed by atoms with E-state index >= 15 is 0 Å². The zero-order chi connectivity index (χ0) is 58.7. The first-order valence-electron chi connectivity index (χ1n) is 29.6. The van der Waals surface area contributed by atoms with Crippen LogP contribution in [0.5, 0.6) is 0 Å². The van der Waals surface area contributed by atoms with Crippen molar-refractivity contribution in [1.29, 1.82) is 0 Å². The number of piperazine rings is 1. The molecule has 21 nitrogen and oxygen atoms in total. The third kappa shape index (κ3) is 18.4. The Bertz CT molecular complexity index is 2770. The molecule has 0 spiro atoms. The zero-order valence-corrected chi connectivity index (χ0v) is 49.5. The fraction of sp³-hybridized carbons (Fsp3) is 0.574. The van der Waals surface area contributed by atoms with E-state index in [0.29, 0.717) is 50.4 Å². The van der Waals surface area contributed by atoms with Gasteiger partial charge in [-0.1, -0.05) is 63.9 Å². The van der Waals surface area contributed by atoms with Crippen molar-refractivity contribution >= 4 is 58.7 Å². The highest BCUT2D eigenvalue weighted by molar-refractivity contribution is 7.13. The fourth-order valence-electron chi connectivity index (χ4n) is 11.3. The average molecular weight is 1160 g/mol. The third-order valence-electron chi connectivity index (χ3n) is 16.2. The van der Waals surface area contributed by atoms with Gasteiger partial charge in [0.05, 0.1) is 55.0 Å². The molecule has 3 atom stereocenters. The maximum absolute atomic E-state index is 14.0. The minimum Gasteiger partial charge on any atom is -0.391 e. The second-order valence-electron chi connectivity index (χ2n) is 23.2. The van der Waals surface area contributed by atoms with Gasteiger partial charge >= 0.3 is 0 Å². The fourth-order valence-corrected chi connectivity index (χ4v) is 12.1. The van der Waals surface area contributed by atoms with E-state index in [4.69, 9.17) is 9.47 Å². The van der Waals surface area contributed by atoms with Gasteiger partial charge in [0.1, 0.15) is 12.1 Å². The molecule has 4 N–H and O–H groups in total. The van der Waals surface area contributed by atoms with Gasteiger partial charge in [0.15, 0.2) is 11.5 Å². The number of hydrogen-bond acceptors (Lipinski definition) is 16. The number of thiazole rings is 1. The van der Waals surface area contributed by atoms with Crippen molar-refractivity contribution in [3.8, 4) is 10.4 Å². The van der Waals surface area contributed by atoms with E-state index in [1.807, 2.05) is 85.5 Å². The molecule has 4 fully saturated rings. The van der Waals surface area contributed by atoms with E-state index in [2.05, 4.69) is 45.9 Å². The van der Waals surface area contributed by atoms with Crippen molar-refractivity contribution in [3.63, 3.8) is 0 Å². The highest BCUT2D eigenvalue weighted by Crippen LogP contribution is 2.30. The SMILES string of the molecule is Cc1ncsc1-c1ccc(CNC(=O)[C@@H]2C[C@@H](O)CN2C(=O)[C@@H](NC(=O)CCOCCOCCC(=O)N2CCN(C3CCN(c4ccc(C(=O)N5CCC(CCCCNC(=O)/C=C/c6cccnc6)CC5)nn4)CC3)CC2)C(C)(C)C)cc1. The van der Waals surface area contributed by atoms with Gasteiger partial charge in [-0.25, -0.2) is 4.98 Å².